The predicted octanol–water partition coefficient (Wildman–Crippen LogP) is 0.532. The highest BCUT2D eigenvalue weighted by Gasteiger charge is 2.50. The summed E-state index contributed by atoms with van der Waals surface area (Å²) in [4.78, 5) is 72.0. The topological polar surface area (TPSA) is 182 Å². The summed E-state index contributed by atoms with van der Waals surface area (Å²) < 4.78 is 31.9. The van der Waals surface area contributed by atoms with Crippen LogP contribution in [0.5, 0.6) is 0 Å². The Hall–Kier alpha value is -3.42. The van der Waals surface area contributed by atoms with Crippen LogP contribution < -0.4 is 10.6 Å². The van der Waals surface area contributed by atoms with Gasteiger partial charge in [-0.05, 0) is 33.6 Å². The van der Waals surface area contributed by atoms with E-state index >= 15 is 0 Å². The summed E-state index contributed by atoms with van der Waals surface area (Å²) in [5.41, 5.74) is -0.819. The van der Waals surface area contributed by atoms with Crippen LogP contribution in [0.2, 0.25) is 0 Å². The maximum atomic E-state index is 12.4. The molecule has 0 aromatic heterocycles. The summed E-state index contributed by atoms with van der Waals surface area (Å²) in [6, 6.07) is -2.18. The Bertz CT molecular complexity index is 884. The van der Waals surface area contributed by atoms with E-state index in [1.54, 1.807) is 20.8 Å². The molecule has 14 heteroatoms. The number of rotatable bonds is 10. The second-order valence-corrected chi connectivity index (χ2v) is 9.69. The lowest BCUT2D eigenvalue weighted by molar-refractivity contribution is -0.224. The number of hydrogen-bond acceptors (Lipinski definition) is 12. The van der Waals surface area contributed by atoms with Gasteiger partial charge in [-0.1, -0.05) is 0 Å². The highest BCUT2D eigenvalue weighted by atomic mass is 16.6. The summed E-state index contributed by atoms with van der Waals surface area (Å²) >= 11 is 0. The molecule has 1 aliphatic rings. The molecule has 0 aromatic rings. The van der Waals surface area contributed by atoms with E-state index in [-0.39, 0.29) is 19.4 Å². The van der Waals surface area contributed by atoms with Crippen LogP contribution in [-0.2, 0) is 52.4 Å². The Labute approximate surface area is 221 Å². The monoisotopic (exact) mass is 546 g/mol. The van der Waals surface area contributed by atoms with Crippen LogP contribution in [0, 0.1) is 0 Å². The third kappa shape index (κ3) is 11.3. The molecule has 1 aliphatic heterocycles. The minimum atomic E-state index is -1.24. The molecule has 6 atom stereocenters. The number of carbonyl (C=O) groups is 6. The molecule has 1 heterocycles. The van der Waals surface area contributed by atoms with E-state index in [9.17, 15) is 28.8 Å². The highest BCUT2D eigenvalue weighted by Crippen LogP contribution is 2.30. The zero-order valence-corrected chi connectivity index (χ0v) is 23.0. The molecular weight excluding hydrogens is 508 g/mol. The highest BCUT2D eigenvalue weighted by molar-refractivity contribution is 5.81. The molecule has 0 aromatic carbocycles. The maximum Gasteiger partial charge on any atom is 0.408 e. The molecule has 216 valence electrons. The first-order valence-electron chi connectivity index (χ1n) is 12.0. The van der Waals surface area contributed by atoms with E-state index in [1.807, 2.05) is 0 Å². The minimum absolute atomic E-state index is 0.0155. The van der Waals surface area contributed by atoms with Crippen LogP contribution in [0.4, 0.5) is 4.79 Å². The van der Waals surface area contributed by atoms with Gasteiger partial charge in [-0.3, -0.25) is 19.2 Å². The van der Waals surface area contributed by atoms with Crippen LogP contribution >= 0.6 is 0 Å². The maximum absolute atomic E-state index is 12.4. The van der Waals surface area contributed by atoms with Crippen molar-refractivity contribution in [3.8, 4) is 0 Å². The van der Waals surface area contributed by atoms with Crippen LogP contribution in [0.1, 0.15) is 61.3 Å². The van der Waals surface area contributed by atoms with Gasteiger partial charge in [0.25, 0.3) is 0 Å². The third-order valence-corrected chi connectivity index (χ3v) is 5.14. The number of nitrogens with one attached hydrogen (secondary N) is 2. The van der Waals surface area contributed by atoms with Crippen LogP contribution in [0.3, 0.4) is 0 Å². The van der Waals surface area contributed by atoms with Crippen LogP contribution in [0.15, 0.2) is 0 Å². The van der Waals surface area contributed by atoms with Crippen molar-refractivity contribution >= 4 is 35.9 Å². The average Bonchev–Trinajstić information content (AvgIpc) is 2.75. The normalized spacial score (nSPS) is 23.7. The molecule has 1 saturated heterocycles. The number of ether oxygens (including phenoxy) is 6. The van der Waals surface area contributed by atoms with Crippen molar-refractivity contribution in [3.05, 3.63) is 0 Å². The van der Waals surface area contributed by atoms with Crippen molar-refractivity contribution in [2.24, 2.45) is 0 Å². The predicted molar refractivity (Wildman–Crippen MR) is 128 cm³/mol. The second kappa shape index (κ2) is 14.5. The number of amides is 2. The molecule has 1 fully saturated rings. The van der Waals surface area contributed by atoms with Gasteiger partial charge in [0.1, 0.15) is 24.4 Å². The Morgan fingerprint density at radius 1 is 0.868 bits per heavy atom. The third-order valence-electron chi connectivity index (χ3n) is 5.14. The summed E-state index contributed by atoms with van der Waals surface area (Å²) in [6.45, 7) is 9.30. The Kier molecular flexibility index (Phi) is 12.4. The molecule has 38 heavy (non-hydrogen) atoms. The van der Waals surface area contributed by atoms with E-state index < -0.39 is 78.0 Å². The summed E-state index contributed by atoms with van der Waals surface area (Å²) in [6.07, 6.45) is -5.37. The van der Waals surface area contributed by atoms with Crippen molar-refractivity contribution in [1.29, 1.82) is 0 Å². The number of alkyl carbamates (subject to hydrolysis) is 1. The van der Waals surface area contributed by atoms with Gasteiger partial charge in [0, 0.05) is 27.7 Å². The first-order valence-corrected chi connectivity index (χ1v) is 12.0. The molecule has 2 N–H and O–H groups in total. The van der Waals surface area contributed by atoms with Crippen LogP contribution in [0.25, 0.3) is 0 Å². The van der Waals surface area contributed by atoms with Gasteiger partial charge in [-0.2, -0.15) is 0 Å². The van der Waals surface area contributed by atoms with E-state index in [0.717, 1.165) is 21.0 Å². The quantitative estimate of drug-likeness (QED) is 0.287. The molecule has 0 spiro atoms. The zero-order valence-electron chi connectivity index (χ0n) is 23.0. The molecule has 0 bridgehead atoms. The summed E-state index contributed by atoms with van der Waals surface area (Å²) in [5, 5.41) is 5.09. The van der Waals surface area contributed by atoms with E-state index in [4.69, 9.17) is 28.4 Å². The first kappa shape index (κ1) is 32.6. The second-order valence-electron chi connectivity index (χ2n) is 9.69. The molecule has 0 saturated carbocycles. The molecule has 14 nitrogen and oxygen atoms in total. The molecular formula is C24H38N2O12. The van der Waals surface area contributed by atoms with Gasteiger partial charge >= 0.3 is 30.0 Å². The van der Waals surface area contributed by atoms with Crippen molar-refractivity contribution in [3.63, 3.8) is 0 Å². The number of methoxy groups -OCH3 is 1. The Morgan fingerprint density at radius 2 is 1.45 bits per heavy atom. The fourth-order valence-corrected chi connectivity index (χ4v) is 3.84. The van der Waals surface area contributed by atoms with Gasteiger partial charge in [0.2, 0.25) is 5.91 Å². The minimum Gasteiger partial charge on any atom is -0.467 e. The zero-order chi connectivity index (χ0) is 29.2. The average molecular weight is 547 g/mol. The van der Waals surface area contributed by atoms with Crippen molar-refractivity contribution < 1.29 is 57.2 Å². The van der Waals surface area contributed by atoms with Crippen molar-refractivity contribution in [2.75, 3.05) is 13.7 Å². The van der Waals surface area contributed by atoms with Gasteiger partial charge in [0.15, 0.2) is 12.2 Å². The molecule has 0 radical (unpaired) electrons. The van der Waals surface area contributed by atoms with E-state index in [1.165, 1.54) is 13.8 Å². The number of esters is 4. The number of hydrogen-bond donors (Lipinski definition) is 2. The SMILES string of the molecule is COC(=O)[C@H](CC[C@@H]1O[C@H](COC(C)=O)[C@H](OC(C)=O)[C@H](OC(C)=O)[C@H]1NC(C)=O)NC(=O)OC(C)(C)C. The van der Waals surface area contributed by atoms with E-state index in [2.05, 4.69) is 10.6 Å². The molecule has 2 amide bonds. The van der Waals surface area contributed by atoms with Crippen molar-refractivity contribution in [1.82, 2.24) is 10.6 Å². The summed E-state index contributed by atoms with van der Waals surface area (Å²) in [5.74, 6) is -3.35. The lowest BCUT2D eigenvalue weighted by Gasteiger charge is -2.45. The smallest absolute Gasteiger partial charge is 0.408 e. The lowest BCUT2D eigenvalue weighted by Crippen LogP contribution is -2.66. The first-order chi connectivity index (χ1) is 17.5. The largest absolute Gasteiger partial charge is 0.467 e. The van der Waals surface area contributed by atoms with Gasteiger partial charge < -0.3 is 39.1 Å². The molecule has 1 rings (SSSR count). The van der Waals surface area contributed by atoms with Gasteiger partial charge in [-0.15, -0.1) is 0 Å². The van der Waals surface area contributed by atoms with Crippen LogP contribution in [-0.4, -0.2) is 91.7 Å². The molecule has 0 aliphatic carbocycles. The fraction of sp³-hybridized carbons (Fsp3) is 0.750. The van der Waals surface area contributed by atoms with E-state index in [0.29, 0.717) is 0 Å². The van der Waals surface area contributed by atoms with Gasteiger partial charge in [-0.25, -0.2) is 9.59 Å². The van der Waals surface area contributed by atoms with Crippen molar-refractivity contribution in [2.45, 2.75) is 103 Å². The summed E-state index contributed by atoms with van der Waals surface area (Å²) in [7, 11) is 1.15. The lowest BCUT2D eigenvalue weighted by atomic mass is 9.89. The fourth-order valence-electron chi connectivity index (χ4n) is 3.84. The number of carbonyl (C=O) groups excluding carboxylic acids is 6. The van der Waals surface area contributed by atoms with Gasteiger partial charge in [0.05, 0.1) is 19.3 Å². The Morgan fingerprint density at radius 3 is 1.92 bits per heavy atom. The molecule has 0 unspecified atom stereocenters. The Balaban J connectivity index is 3.31. The standard InChI is InChI=1S/C24H38N2O12/c1-12(27)25-19-17(10-9-16(22(31)33-8)26-23(32)38-24(5,6)7)37-18(11-34-13(2)28)20(35-14(3)29)21(19)36-15(4)30/h16-21H,9-11H2,1-8H3,(H,25,27)(H,26,32)/t16-,17-,18+,19-,20-,21+/m0/s1.